The van der Waals surface area contributed by atoms with Crippen LogP contribution in [0.2, 0.25) is 0 Å². The Balaban J connectivity index is -0.0000000292. The first-order chi connectivity index (χ1) is 10.0. The molecule has 2 aliphatic rings. The largest absolute Gasteiger partial charge is 3.00 e. The second kappa shape index (κ2) is 56.2. The maximum Gasteiger partial charge on any atom is 3.00 e. The van der Waals surface area contributed by atoms with Crippen LogP contribution in [0.1, 0.15) is 51.4 Å². The molecule has 0 radical (unpaired) electrons. The summed E-state index contributed by atoms with van der Waals surface area (Å²) in [7, 11) is 1.50. The fraction of sp³-hybridized carbons (Fsp3) is 0.455. The van der Waals surface area contributed by atoms with E-state index in [4.69, 9.17) is 10.2 Å². The molecule has 0 heterocycles. The van der Waals surface area contributed by atoms with E-state index in [9.17, 15) is 0 Å². The predicted octanol–water partition coefficient (Wildman–Crippen LogP) is 5.09. The molecule has 4 heteroatoms. The third-order valence-corrected chi connectivity index (χ3v) is 2.67. The molecule has 0 aromatic heterocycles. The van der Waals surface area contributed by atoms with Gasteiger partial charge in [0.2, 0.25) is 0 Å². The quantitative estimate of drug-likeness (QED) is 0.259. The van der Waals surface area contributed by atoms with Crippen LogP contribution in [0, 0.1) is 29.7 Å². The summed E-state index contributed by atoms with van der Waals surface area (Å²) in [5, 5.41) is 16.5. The summed E-state index contributed by atoms with van der Waals surface area (Å²) in [6, 6.07) is 0. The van der Waals surface area contributed by atoms with Crippen LogP contribution in [0.15, 0.2) is 48.6 Å². The molecule has 2 nitrogen and oxygen atoms in total. The van der Waals surface area contributed by atoms with Crippen molar-refractivity contribution < 1.29 is 50.4 Å². The molecule has 0 amide bonds. The molecular weight excluding hydrogens is 681 g/mol. The van der Waals surface area contributed by atoms with Crippen LogP contribution >= 0.6 is 0 Å². The minimum Gasteiger partial charge on any atom is -0.857 e. The maximum atomic E-state index is 8.25. The fourth-order valence-corrected chi connectivity index (χ4v) is 1.71. The first kappa shape index (κ1) is 50.2. The van der Waals surface area contributed by atoms with Crippen LogP contribution in [-0.2, 0) is 40.2 Å². The smallest absolute Gasteiger partial charge is 0.857 e. The third kappa shape index (κ3) is 49.6. The fourth-order valence-electron chi connectivity index (χ4n) is 1.71. The summed E-state index contributed by atoms with van der Waals surface area (Å²) in [4.78, 5) is 0. The molecule has 0 saturated heterocycles. The first-order valence-corrected chi connectivity index (χ1v) is 7.42. The Morgan fingerprint density at radius 2 is 0.423 bits per heavy atom. The van der Waals surface area contributed by atoms with Gasteiger partial charge in [-0.25, -0.2) is 0 Å². The van der Waals surface area contributed by atoms with Crippen LogP contribution in [0.25, 0.3) is 0 Å². The van der Waals surface area contributed by atoms with Crippen molar-refractivity contribution in [2.45, 2.75) is 51.4 Å². The zero-order valence-electron chi connectivity index (χ0n) is 17.8. The van der Waals surface area contributed by atoms with Crippen molar-refractivity contribution in [3.05, 3.63) is 78.3 Å². The summed E-state index contributed by atoms with van der Waals surface area (Å²) in [5.41, 5.74) is 0. The third-order valence-electron chi connectivity index (χ3n) is 2.67. The van der Waals surface area contributed by atoms with Gasteiger partial charge in [0.25, 0.3) is 0 Å². The number of hydrogen-bond donors (Lipinski definition) is 0. The second-order valence-electron chi connectivity index (χ2n) is 4.20. The van der Waals surface area contributed by atoms with E-state index in [1.807, 2.05) is 0 Å². The Morgan fingerprint density at radius 1 is 0.346 bits per heavy atom. The molecule has 0 saturated carbocycles. The predicted molar refractivity (Wildman–Crippen MR) is 111 cm³/mol. The minimum absolute atomic E-state index is 0. The number of allylic oxidation sites excluding steroid dienone is 8. The van der Waals surface area contributed by atoms with Crippen LogP contribution in [0.3, 0.4) is 0 Å². The van der Waals surface area contributed by atoms with Crippen molar-refractivity contribution in [3.8, 4) is 0 Å². The Hall–Kier alpha value is 0.179. The average molecular weight is 723 g/mol. The van der Waals surface area contributed by atoms with Gasteiger partial charge in [0.15, 0.2) is 0 Å². The number of hydrogen-bond acceptors (Lipinski definition) is 2. The van der Waals surface area contributed by atoms with Gasteiger partial charge in [0.05, 0.1) is 0 Å². The Labute approximate surface area is 193 Å². The average Bonchev–Trinajstić information content (AvgIpc) is 2.42. The molecule has 0 aromatic rings. The summed E-state index contributed by atoms with van der Waals surface area (Å²) >= 11 is 0. The minimum atomic E-state index is 0. The Kier molecular flexibility index (Phi) is 109. The molecule has 2 aliphatic carbocycles. The Morgan fingerprint density at radius 3 is 0.500 bits per heavy atom. The van der Waals surface area contributed by atoms with Crippen molar-refractivity contribution >= 4 is 0 Å². The van der Waals surface area contributed by atoms with Crippen molar-refractivity contribution in [1.29, 1.82) is 0 Å². The SMILES string of the molecule is C1=C\CC/C=C\CC/1.C1=C\CC/C=C\CC/1.C[O-].C[O-].[CH3-].[CH3-].[CH3-].[CH3-].[Ir+3].[Ir+3]. The molecule has 0 spiro atoms. The van der Waals surface area contributed by atoms with Gasteiger partial charge in [-0.3, -0.25) is 0 Å². The van der Waals surface area contributed by atoms with Crippen molar-refractivity contribution in [3.63, 3.8) is 0 Å². The standard InChI is InChI=1S/2C8H12.2CH3O.4CH3.2Ir/c2*1-2-4-6-8-7-5-3-1;2*1-2;;;;;;/h2*1-2,7-8H,3-6H2;2*1H3;4*1H3;;/q;;6*-1;2*+3/b2*2-1-,8-7-;;;;;;;;. The summed E-state index contributed by atoms with van der Waals surface area (Å²) in [6.45, 7) is 0. The van der Waals surface area contributed by atoms with Gasteiger partial charge >= 0.3 is 40.2 Å². The molecular formula is C22H42Ir2O2. The normalized spacial score (nSPS) is 17.7. The molecule has 0 fully saturated rings. The second-order valence-corrected chi connectivity index (χ2v) is 4.20. The molecule has 160 valence electrons. The van der Waals surface area contributed by atoms with Crippen LogP contribution in [0.4, 0.5) is 0 Å². The number of rotatable bonds is 0. The molecule has 0 N–H and O–H groups in total. The summed E-state index contributed by atoms with van der Waals surface area (Å²) < 4.78 is 0. The zero-order valence-corrected chi connectivity index (χ0v) is 22.5. The maximum absolute atomic E-state index is 8.25. The van der Waals surface area contributed by atoms with E-state index < -0.39 is 0 Å². The van der Waals surface area contributed by atoms with E-state index in [1.54, 1.807) is 0 Å². The van der Waals surface area contributed by atoms with Gasteiger partial charge < -0.3 is 39.9 Å². The molecule has 26 heavy (non-hydrogen) atoms. The van der Waals surface area contributed by atoms with E-state index in [-0.39, 0.29) is 69.9 Å². The Bertz CT molecular complexity index is 193. The van der Waals surface area contributed by atoms with E-state index in [1.165, 1.54) is 51.4 Å². The van der Waals surface area contributed by atoms with E-state index in [0.29, 0.717) is 0 Å². The molecule has 0 aliphatic heterocycles. The van der Waals surface area contributed by atoms with E-state index in [0.717, 1.165) is 14.2 Å². The molecule has 0 unspecified atom stereocenters. The molecule has 2 rings (SSSR count). The summed E-state index contributed by atoms with van der Waals surface area (Å²) in [5.74, 6) is 0. The monoisotopic (exact) mass is 724 g/mol. The molecule has 0 atom stereocenters. The van der Waals surface area contributed by atoms with Gasteiger partial charge in [0.1, 0.15) is 0 Å². The van der Waals surface area contributed by atoms with Crippen LogP contribution in [0.5, 0.6) is 0 Å². The molecule has 0 aromatic carbocycles. The van der Waals surface area contributed by atoms with Gasteiger partial charge in [-0.2, -0.15) is 14.2 Å². The van der Waals surface area contributed by atoms with Crippen molar-refractivity contribution in [1.82, 2.24) is 0 Å². The van der Waals surface area contributed by atoms with Gasteiger partial charge in [-0.1, -0.05) is 48.6 Å². The van der Waals surface area contributed by atoms with Gasteiger partial charge in [0, 0.05) is 0 Å². The van der Waals surface area contributed by atoms with Crippen molar-refractivity contribution in [2.75, 3.05) is 14.2 Å². The summed E-state index contributed by atoms with van der Waals surface area (Å²) in [6.07, 6.45) is 28.0. The molecule has 0 bridgehead atoms. The van der Waals surface area contributed by atoms with Gasteiger partial charge in [-0.05, 0) is 51.4 Å². The van der Waals surface area contributed by atoms with Crippen LogP contribution < -0.4 is 10.2 Å². The first-order valence-electron chi connectivity index (χ1n) is 7.42. The topological polar surface area (TPSA) is 46.1 Å². The van der Waals surface area contributed by atoms with E-state index in [2.05, 4.69) is 48.6 Å². The van der Waals surface area contributed by atoms with E-state index >= 15 is 0 Å². The van der Waals surface area contributed by atoms with Gasteiger partial charge in [-0.15, -0.1) is 0 Å². The van der Waals surface area contributed by atoms with Crippen molar-refractivity contribution in [2.24, 2.45) is 0 Å². The van der Waals surface area contributed by atoms with Crippen LogP contribution in [-0.4, -0.2) is 14.2 Å². The zero-order chi connectivity index (χ0) is 15.3.